The van der Waals surface area contributed by atoms with Crippen LogP contribution in [-0.4, -0.2) is 29.6 Å². The minimum Gasteiger partial charge on any atom is -0.343 e. The monoisotopic (exact) mass is 360 g/mol. The van der Waals surface area contributed by atoms with Gasteiger partial charge in [0.25, 0.3) is 11.8 Å². The van der Waals surface area contributed by atoms with Gasteiger partial charge in [-0.05, 0) is 45.8 Å². The number of carbonyl (C=O) groups is 2. The maximum Gasteiger partial charge on any atom is 0.259 e. The molecule has 22 heavy (non-hydrogen) atoms. The second-order valence-electron chi connectivity index (χ2n) is 4.24. The standard InChI is InChI=1S/C15H13BrN4O2/c16-13-4-2-1-3-12(13)15(22)18-10-14(21)20-19-9-11-5-7-17-8-6-11/h1-9H,10H2,(H,18,22)(H,20,21)/b19-9+. The van der Waals surface area contributed by atoms with Crippen LogP contribution in [0.4, 0.5) is 0 Å². The lowest BCUT2D eigenvalue weighted by molar-refractivity contribution is -0.120. The Morgan fingerprint density at radius 3 is 2.64 bits per heavy atom. The van der Waals surface area contributed by atoms with E-state index >= 15 is 0 Å². The quantitative estimate of drug-likeness (QED) is 0.628. The third kappa shape index (κ3) is 4.78. The van der Waals surface area contributed by atoms with Crippen molar-refractivity contribution in [2.45, 2.75) is 0 Å². The molecule has 2 N–H and O–H groups in total. The first-order valence-electron chi connectivity index (χ1n) is 6.41. The van der Waals surface area contributed by atoms with Gasteiger partial charge >= 0.3 is 0 Å². The summed E-state index contributed by atoms with van der Waals surface area (Å²) in [6, 6.07) is 10.5. The number of hydrogen-bond acceptors (Lipinski definition) is 4. The molecule has 112 valence electrons. The van der Waals surface area contributed by atoms with Crippen molar-refractivity contribution in [3.63, 3.8) is 0 Å². The molecule has 2 aromatic rings. The maximum atomic E-state index is 11.9. The summed E-state index contributed by atoms with van der Waals surface area (Å²) in [4.78, 5) is 27.4. The Kier molecular flexibility index (Phi) is 5.79. The van der Waals surface area contributed by atoms with Gasteiger partial charge in [-0.3, -0.25) is 14.6 Å². The van der Waals surface area contributed by atoms with E-state index in [4.69, 9.17) is 0 Å². The van der Waals surface area contributed by atoms with E-state index in [1.54, 1.807) is 48.8 Å². The van der Waals surface area contributed by atoms with Crippen LogP contribution in [0.25, 0.3) is 0 Å². The summed E-state index contributed by atoms with van der Waals surface area (Å²) in [5.41, 5.74) is 3.62. The summed E-state index contributed by atoms with van der Waals surface area (Å²) in [5.74, 6) is -0.744. The van der Waals surface area contributed by atoms with E-state index < -0.39 is 5.91 Å². The average molecular weight is 361 g/mol. The zero-order valence-corrected chi connectivity index (χ0v) is 13.1. The molecule has 0 saturated carbocycles. The summed E-state index contributed by atoms with van der Waals surface area (Å²) < 4.78 is 0.670. The van der Waals surface area contributed by atoms with Gasteiger partial charge in [0.1, 0.15) is 0 Å². The second kappa shape index (κ2) is 8.04. The van der Waals surface area contributed by atoms with Crippen molar-refractivity contribution in [1.29, 1.82) is 0 Å². The Hall–Kier alpha value is -2.54. The van der Waals surface area contributed by atoms with Crippen LogP contribution in [0.5, 0.6) is 0 Å². The summed E-state index contributed by atoms with van der Waals surface area (Å²) in [5, 5.41) is 6.32. The van der Waals surface area contributed by atoms with Gasteiger partial charge in [0.2, 0.25) is 0 Å². The lowest BCUT2D eigenvalue weighted by Crippen LogP contribution is -2.35. The van der Waals surface area contributed by atoms with E-state index in [0.29, 0.717) is 10.0 Å². The number of benzene rings is 1. The zero-order valence-electron chi connectivity index (χ0n) is 11.5. The summed E-state index contributed by atoms with van der Waals surface area (Å²) >= 11 is 3.28. The molecule has 1 aromatic carbocycles. The Bertz CT molecular complexity index is 689. The summed E-state index contributed by atoms with van der Waals surface area (Å²) in [6.07, 6.45) is 4.75. The molecule has 0 spiro atoms. The Morgan fingerprint density at radius 1 is 1.18 bits per heavy atom. The van der Waals surface area contributed by atoms with Crippen molar-refractivity contribution in [2.75, 3.05) is 6.54 Å². The predicted molar refractivity (Wildman–Crippen MR) is 86.4 cm³/mol. The molecule has 7 heteroatoms. The van der Waals surface area contributed by atoms with Gasteiger partial charge in [-0.2, -0.15) is 5.10 Å². The highest BCUT2D eigenvalue weighted by atomic mass is 79.9. The number of hydrogen-bond donors (Lipinski definition) is 2. The first-order chi connectivity index (χ1) is 10.7. The van der Waals surface area contributed by atoms with Crippen LogP contribution in [0.2, 0.25) is 0 Å². The Balaban J connectivity index is 1.80. The van der Waals surface area contributed by atoms with Crippen molar-refractivity contribution >= 4 is 34.0 Å². The number of hydrazone groups is 1. The zero-order chi connectivity index (χ0) is 15.8. The molecular weight excluding hydrogens is 348 g/mol. The van der Waals surface area contributed by atoms with Crippen molar-refractivity contribution in [3.05, 3.63) is 64.4 Å². The van der Waals surface area contributed by atoms with E-state index in [1.165, 1.54) is 6.21 Å². The normalized spacial score (nSPS) is 10.4. The molecule has 0 aliphatic heterocycles. The van der Waals surface area contributed by atoms with Gasteiger partial charge in [0, 0.05) is 16.9 Å². The minimum absolute atomic E-state index is 0.159. The Morgan fingerprint density at radius 2 is 1.91 bits per heavy atom. The highest BCUT2D eigenvalue weighted by molar-refractivity contribution is 9.10. The third-order valence-corrected chi connectivity index (χ3v) is 3.33. The molecular formula is C15H13BrN4O2. The van der Waals surface area contributed by atoms with Crippen molar-refractivity contribution in [3.8, 4) is 0 Å². The third-order valence-electron chi connectivity index (χ3n) is 2.64. The van der Waals surface area contributed by atoms with Gasteiger partial charge in [-0.15, -0.1) is 0 Å². The van der Waals surface area contributed by atoms with Crippen LogP contribution >= 0.6 is 15.9 Å². The van der Waals surface area contributed by atoms with E-state index in [-0.39, 0.29) is 12.5 Å². The molecule has 0 aliphatic rings. The van der Waals surface area contributed by atoms with Crippen LogP contribution in [0.15, 0.2) is 58.4 Å². The van der Waals surface area contributed by atoms with Crippen LogP contribution < -0.4 is 10.7 Å². The SMILES string of the molecule is O=C(CNC(=O)c1ccccc1Br)N/N=C/c1ccncc1. The molecule has 0 aliphatic carbocycles. The smallest absolute Gasteiger partial charge is 0.259 e. The van der Waals surface area contributed by atoms with Crippen molar-refractivity contribution < 1.29 is 9.59 Å². The van der Waals surface area contributed by atoms with Gasteiger partial charge in [0.15, 0.2) is 0 Å². The summed E-state index contributed by atoms with van der Waals surface area (Å²) in [6.45, 7) is -0.159. The highest BCUT2D eigenvalue weighted by Gasteiger charge is 2.10. The van der Waals surface area contributed by atoms with E-state index in [0.717, 1.165) is 5.56 Å². The molecule has 0 radical (unpaired) electrons. The number of nitrogens with one attached hydrogen (secondary N) is 2. The largest absolute Gasteiger partial charge is 0.343 e. The molecule has 0 unspecified atom stereocenters. The molecule has 0 saturated heterocycles. The molecule has 1 heterocycles. The first kappa shape index (κ1) is 15.8. The topological polar surface area (TPSA) is 83.5 Å². The maximum absolute atomic E-state index is 11.9. The second-order valence-corrected chi connectivity index (χ2v) is 5.09. The van der Waals surface area contributed by atoms with Crippen molar-refractivity contribution in [1.82, 2.24) is 15.7 Å². The van der Waals surface area contributed by atoms with E-state index in [9.17, 15) is 9.59 Å². The van der Waals surface area contributed by atoms with Gasteiger partial charge in [0.05, 0.1) is 18.3 Å². The number of carbonyl (C=O) groups excluding carboxylic acids is 2. The molecule has 1 aromatic heterocycles. The number of pyridine rings is 1. The van der Waals surface area contributed by atoms with E-state index in [2.05, 4.69) is 36.8 Å². The molecule has 2 amide bonds. The number of aromatic nitrogens is 1. The van der Waals surface area contributed by atoms with E-state index in [1.807, 2.05) is 0 Å². The van der Waals surface area contributed by atoms with Crippen LogP contribution in [0.1, 0.15) is 15.9 Å². The lowest BCUT2D eigenvalue weighted by Gasteiger charge is -2.05. The number of rotatable bonds is 5. The number of nitrogens with zero attached hydrogens (tertiary/aromatic N) is 2. The summed E-state index contributed by atoms with van der Waals surface area (Å²) in [7, 11) is 0. The predicted octanol–water partition coefficient (Wildman–Crippen LogP) is 1.72. The minimum atomic E-state index is -0.411. The average Bonchev–Trinajstić information content (AvgIpc) is 2.54. The van der Waals surface area contributed by atoms with Crippen LogP contribution in [-0.2, 0) is 4.79 Å². The van der Waals surface area contributed by atoms with Gasteiger partial charge < -0.3 is 5.32 Å². The molecule has 0 fully saturated rings. The number of amides is 2. The molecule has 0 bridgehead atoms. The molecule has 0 atom stereocenters. The molecule has 6 nitrogen and oxygen atoms in total. The number of halogens is 1. The van der Waals surface area contributed by atoms with Gasteiger partial charge in [-0.25, -0.2) is 5.43 Å². The van der Waals surface area contributed by atoms with Crippen molar-refractivity contribution in [2.24, 2.45) is 5.10 Å². The molecule has 2 rings (SSSR count). The van der Waals surface area contributed by atoms with Crippen LogP contribution in [0, 0.1) is 0 Å². The Labute approximate surface area is 135 Å². The van der Waals surface area contributed by atoms with Crippen LogP contribution in [0.3, 0.4) is 0 Å². The van der Waals surface area contributed by atoms with Gasteiger partial charge in [-0.1, -0.05) is 12.1 Å². The first-order valence-corrected chi connectivity index (χ1v) is 7.21. The fraction of sp³-hybridized carbons (Fsp3) is 0.0667. The highest BCUT2D eigenvalue weighted by Crippen LogP contribution is 2.15. The fourth-order valence-corrected chi connectivity index (χ4v) is 2.03. The fourth-order valence-electron chi connectivity index (χ4n) is 1.57. The lowest BCUT2D eigenvalue weighted by atomic mass is 10.2.